The van der Waals surface area contributed by atoms with Crippen molar-refractivity contribution in [3.8, 4) is 11.5 Å². The van der Waals surface area contributed by atoms with Crippen LogP contribution in [-0.4, -0.2) is 55.0 Å². The normalized spacial score (nSPS) is 15.2. The van der Waals surface area contributed by atoms with Crippen LogP contribution < -0.4 is 14.4 Å². The summed E-state index contributed by atoms with van der Waals surface area (Å²) >= 11 is 5.91. The molecule has 1 saturated heterocycles. The molecule has 0 unspecified atom stereocenters. The number of anilines is 2. The summed E-state index contributed by atoms with van der Waals surface area (Å²) in [4.78, 5) is 31.4. The summed E-state index contributed by atoms with van der Waals surface area (Å²) in [7, 11) is -3.24. The van der Waals surface area contributed by atoms with Gasteiger partial charge in [0, 0.05) is 31.0 Å². The van der Waals surface area contributed by atoms with Crippen LogP contribution in [0.5, 0.6) is 11.5 Å². The average molecular weight is 673 g/mol. The minimum absolute atomic E-state index is 0.000951. The smallest absolute Gasteiger partial charge is 0.417 e. The highest BCUT2D eigenvalue weighted by Gasteiger charge is 2.36. The molecule has 45 heavy (non-hydrogen) atoms. The second kappa shape index (κ2) is 13.1. The van der Waals surface area contributed by atoms with E-state index in [9.17, 15) is 35.6 Å². The zero-order valence-corrected chi connectivity index (χ0v) is 26.1. The third-order valence-corrected chi connectivity index (χ3v) is 7.75. The maximum Gasteiger partial charge on any atom is 0.417 e. The lowest BCUT2D eigenvalue weighted by Crippen LogP contribution is -2.40. The first-order valence-corrected chi connectivity index (χ1v) is 15.0. The van der Waals surface area contributed by atoms with Gasteiger partial charge >= 0.3 is 12.3 Å². The Kier molecular flexibility index (Phi) is 9.82. The number of hydrogen-bond donors (Lipinski definition) is 2. The van der Waals surface area contributed by atoms with E-state index in [-0.39, 0.29) is 47.9 Å². The molecule has 0 saturated carbocycles. The van der Waals surface area contributed by atoms with Crippen LogP contribution in [0.15, 0.2) is 48.7 Å². The predicted octanol–water partition coefficient (Wildman–Crippen LogP) is 6.59. The van der Waals surface area contributed by atoms with Crippen LogP contribution >= 0.6 is 11.6 Å². The summed E-state index contributed by atoms with van der Waals surface area (Å²) in [6, 6.07) is 6.64. The Morgan fingerprint density at radius 1 is 1.09 bits per heavy atom. The molecule has 1 aliphatic heterocycles. The minimum Gasteiger partial charge on any atom is -0.456 e. The zero-order chi connectivity index (χ0) is 33.3. The molecule has 1 N–H and O–H groups in total. The average Bonchev–Trinajstić information content (AvgIpc) is 3.39. The molecule has 1 aromatic heterocycles. The Hall–Kier alpha value is -4.11. The number of aryl methyl sites for hydroxylation is 1. The topological polar surface area (TPSA) is 118 Å². The molecule has 2 amide bonds. The van der Waals surface area contributed by atoms with E-state index in [4.69, 9.17) is 21.1 Å². The number of thiol groups is 1. The number of carbonyl (C=O) groups excluding carboxylic acids is 2. The highest BCUT2D eigenvalue weighted by Crippen LogP contribution is 2.40. The number of nitrogens with one attached hydrogen (secondary N) is 1. The molecule has 2 heterocycles. The Bertz CT molecular complexity index is 1690. The molecule has 0 aliphatic carbocycles. The minimum atomic E-state index is -4.88. The van der Waals surface area contributed by atoms with Gasteiger partial charge in [0.2, 0.25) is 10.9 Å². The van der Waals surface area contributed by atoms with Crippen molar-refractivity contribution in [1.82, 2.24) is 9.88 Å². The number of hydrogen-bond acceptors (Lipinski definition) is 7. The van der Waals surface area contributed by atoms with E-state index in [0.717, 1.165) is 22.5 Å². The molecule has 16 heteroatoms. The largest absolute Gasteiger partial charge is 0.456 e. The number of alkyl halides is 3. The number of ether oxygens (including phenoxy) is 2. The summed E-state index contributed by atoms with van der Waals surface area (Å²) in [6.45, 7) is 6.87. The SMILES string of the molecule is Cc1cc(F)ccc1Oc1cc(C(F)(F)F)c(Cl)cc1C(=O)Nc1ccnc(N([C@@H]2CCN(C(=O)OC(C)(C)C)C2)[SH](=O)=O)c1. The van der Waals surface area contributed by atoms with E-state index >= 15 is 0 Å². The number of benzene rings is 2. The molecule has 0 bridgehead atoms. The molecule has 1 aliphatic rings. The number of amides is 2. The lowest BCUT2D eigenvalue weighted by atomic mass is 10.1. The standard InChI is InChI=1S/C29H29ClF4N4O6S/c1-16-11-17(31)5-6-23(16)43-24-14-21(29(32,33)34)22(30)13-20(24)26(39)36-18-7-9-35-25(12-18)38(45(41)42)19-8-10-37(15-19)27(40)44-28(2,3)4/h5-7,9,11-14,19,45H,8,10,15H2,1-4H3,(H,35,36,39)/t19-/m1/s1. The molecular formula is C29H29ClF4N4O6S. The van der Waals surface area contributed by atoms with E-state index in [1.165, 1.54) is 36.2 Å². The highest BCUT2D eigenvalue weighted by molar-refractivity contribution is 7.74. The number of carbonyl (C=O) groups is 2. The van der Waals surface area contributed by atoms with Crippen LogP contribution in [0, 0.1) is 12.7 Å². The summed E-state index contributed by atoms with van der Waals surface area (Å²) in [5.41, 5.74) is -2.08. The molecule has 0 radical (unpaired) electrons. The summed E-state index contributed by atoms with van der Waals surface area (Å²) in [6.07, 6.45) is -3.95. The molecular weight excluding hydrogens is 644 g/mol. The molecule has 0 spiro atoms. The Balaban J connectivity index is 1.61. The number of pyridine rings is 1. The van der Waals surface area contributed by atoms with Gasteiger partial charge < -0.3 is 19.7 Å². The fourth-order valence-corrected chi connectivity index (χ4v) is 5.54. The maximum atomic E-state index is 13.7. The molecule has 2 aromatic carbocycles. The lowest BCUT2D eigenvalue weighted by Gasteiger charge is -2.26. The third-order valence-electron chi connectivity index (χ3n) is 6.55. The van der Waals surface area contributed by atoms with Crippen molar-refractivity contribution in [2.24, 2.45) is 0 Å². The van der Waals surface area contributed by atoms with Crippen LogP contribution in [0.2, 0.25) is 5.02 Å². The number of likely N-dealkylation sites (tertiary alicyclic amines) is 1. The van der Waals surface area contributed by atoms with Gasteiger partial charge in [0.05, 0.1) is 22.2 Å². The first-order valence-electron chi connectivity index (χ1n) is 13.5. The third kappa shape index (κ3) is 8.34. The molecule has 3 aromatic rings. The number of aromatic nitrogens is 1. The molecule has 242 valence electrons. The van der Waals surface area contributed by atoms with E-state index in [0.29, 0.717) is 6.07 Å². The summed E-state index contributed by atoms with van der Waals surface area (Å²) < 4.78 is 91.2. The highest BCUT2D eigenvalue weighted by atomic mass is 35.5. The fourth-order valence-electron chi connectivity index (χ4n) is 4.54. The summed E-state index contributed by atoms with van der Waals surface area (Å²) in [5, 5.41) is 1.74. The Morgan fingerprint density at radius 2 is 1.80 bits per heavy atom. The van der Waals surface area contributed by atoms with Crippen LogP contribution in [0.4, 0.5) is 33.9 Å². The second-order valence-corrected chi connectivity index (χ2v) is 12.5. The van der Waals surface area contributed by atoms with E-state index in [1.54, 1.807) is 20.8 Å². The number of rotatable bonds is 7. The summed E-state index contributed by atoms with van der Waals surface area (Å²) in [5.74, 6) is -2.11. The molecule has 1 atom stereocenters. The predicted molar refractivity (Wildman–Crippen MR) is 159 cm³/mol. The van der Waals surface area contributed by atoms with E-state index in [1.807, 2.05) is 0 Å². The zero-order valence-electron chi connectivity index (χ0n) is 24.4. The van der Waals surface area contributed by atoms with Gasteiger partial charge in [-0.15, -0.1) is 0 Å². The van der Waals surface area contributed by atoms with Crippen LogP contribution in [0.1, 0.15) is 48.7 Å². The van der Waals surface area contributed by atoms with Crippen molar-refractivity contribution in [3.63, 3.8) is 0 Å². The van der Waals surface area contributed by atoms with Gasteiger partial charge in [0.15, 0.2) is 0 Å². The quantitative estimate of drug-likeness (QED) is 0.215. The van der Waals surface area contributed by atoms with Crippen LogP contribution in [0.25, 0.3) is 0 Å². The van der Waals surface area contributed by atoms with Gasteiger partial charge in [-0.2, -0.15) is 13.2 Å². The first-order chi connectivity index (χ1) is 20.9. The van der Waals surface area contributed by atoms with Crippen molar-refractivity contribution >= 4 is 46.0 Å². The van der Waals surface area contributed by atoms with Crippen molar-refractivity contribution < 1.29 is 45.0 Å². The molecule has 10 nitrogen and oxygen atoms in total. The van der Waals surface area contributed by atoms with Crippen LogP contribution in [-0.2, 0) is 21.8 Å². The number of nitrogens with zero attached hydrogens (tertiary/aromatic N) is 3. The Labute approximate surface area is 263 Å². The van der Waals surface area contributed by atoms with Gasteiger partial charge in [-0.05, 0) is 76.1 Å². The van der Waals surface area contributed by atoms with Gasteiger partial charge in [0.1, 0.15) is 28.7 Å². The number of halogens is 5. The van der Waals surface area contributed by atoms with Crippen molar-refractivity contribution in [2.75, 3.05) is 22.7 Å². The van der Waals surface area contributed by atoms with Gasteiger partial charge in [0.25, 0.3) is 5.91 Å². The van der Waals surface area contributed by atoms with E-state index in [2.05, 4.69) is 10.3 Å². The fraction of sp³-hybridized carbons (Fsp3) is 0.345. The van der Waals surface area contributed by atoms with E-state index < -0.39 is 62.9 Å². The molecule has 1 fully saturated rings. The first kappa shape index (κ1) is 33.8. The van der Waals surface area contributed by atoms with Crippen molar-refractivity contribution in [2.45, 2.75) is 51.9 Å². The van der Waals surface area contributed by atoms with Crippen molar-refractivity contribution in [1.29, 1.82) is 0 Å². The van der Waals surface area contributed by atoms with Gasteiger partial charge in [-0.3, -0.25) is 9.10 Å². The molecule has 4 rings (SSSR count). The van der Waals surface area contributed by atoms with Crippen LogP contribution in [0.3, 0.4) is 0 Å². The van der Waals surface area contributed by atoms with Crippen molar-refractivity contribution in [3.05, 3.63) is 76.2 Å². The maximum absolute atomic E-state index is 13.7. The Morgan fingerprint density at radius 3 is 2.42 bits per heavy atom. The van der Waals surface area contributed by atoms with Gasteiger partial charge in [-0.1, -0.05) is 11.6 Å². The lowest BCUT2D eigenvalue weighted by molar-refractivity contribution is -0.137. The van der Waals surface area contributed by atoms with Gasteiger partial charge in [-0.25, -0.2) is 22.6 Å². The monoisotopic (exact) mass is 672 g/mol. The second-order valence-electron chi connectivity index (χ2n) is 11.1.